The van der Waals surface area contributed by atoms with E-state index in [0.29, 0.717) is 17.4 Å². The van der Waals surface area contributed by atoms with Crippen LogP contribution in [-0.4, -0.2) is 69.4 Å². The van der Waals surface area contributed by atoms with E-state index in [-0.39, 0.29) is 31.3 Å². The number of phosphoric ester groups is 1. The number of rotatable bonds is 53. The van der Waals surface area contributed by atoms with E-state index in [1.54, 1.807) is 0 Å². The van der Waals surface area contributed by atoms with Crippen molar-refractivity contribution in [2.24, 2.45) is 0 Å². The Kier molecular flexibility index (Phi) is 49.0. The number of unbranched alkanes of at least 4 members (excludes halogenated alkanes) is 32. The number of allylic oxidation sites excluding steroid dienone is 7. The second-order valence-electron chi connectivity index (χ2n) is 21.2. The maximum absolute atomic E-state index is 13.5. The summed E-state index contributed by atoms with van der Waals surface area (Å²) in [5.41, 5.74) is 0. The number of carbonyl (C=O) groups excluding carboxylic acids is 2. The maximum atomic E-state index is 13.5. The Morgan fingerprint density at radius 2 is 0.871 bits per heavy atom. The van der Waals surface area contributed by atoms with Crippen LogP contribution in [0, 0.1) is 0 Å². The smallest absolute Gasteiger partial charge is 0.306 e. The van der Waals surface area contributed by atoms with Crippen LogP contribution in [0.5, 0.6) is 0 Å². The molecule has 0 aliphatic rings. The van der Waals surface area contributed by atoms with Gasteiger partial charge in [0, 0.05) is 12.8 Å². The van der Waals surface area contributed by atoms with Crippen LogP contribution in [0.1, 0.15) is 271 Å². The van der Waals surface area contributed by atoms with Gasteiger partial charge in [-0.2, -0.15) is 0 Å². The molecule has 0 aliphatic carbocycles. The number of amides is 1. The van der Waals surface area contributed by atoms with Gasteiger partial charge in [0.25, 0.3) is 7.82 Å². The zero-order chi connectivity index (χ0) is 51.5. The number of phosphoric acid groups is 1. The molecule has 0 bridgehead atoms. The van der Waals surface area contributed by atoms with Gasteiger partial charge in [0.15, 0.2) is 0 Å². The van der Waals surface area contributed by atoms with Crippen molar-refractivity contribution in [1.29, 1.82) is 0 Å². The number of quaternary nitrogens is 1. The summed E-state index contributed by atoms with van der Waals surface area (Å²) >= 11 is 0. The van der Waals surface area contributed by atoms with Crippen molar-refractivity contribution in [2.75, 3.05) is 40.9 Å². The SMILES string of the molecule is CCCCCCCC/C=C/CCCCCCCCCC(=O)OC(/C=C/CCCCCCCCCCC)C(COP(=O)([O-])OCC[N+](C)(C)C)NC(=O)CCCCC/C=C/C=C/CCCCCCCCC. The van der Waals surface area contributed by atoms with E-state index >= 15 is 0 Å². The highest BCUT2D eigenvalue weighted by Crippen LogP contribution is 2.38. The molecule has 10 heteroatoms. The molecule has 0 aromatic carbocycles. The Balaban J connectivity index is 5.34. The van der Waals surface area contributed by atoms with Gasteiger partial charge in [0.05, 0.1) is 33.8 Å². The third-order valence-electron chi connectivity index (χ3n) is 13.0. The lowest BCUT2D eigenvalue weighted by Crippen LogP contribution is -2.47. The molecule has 0 spiro atoms. The Hall–Kier alpha value is -2.03. The van der Waals surface area contributed by atoms with E-state index in [1.807, 2.05) is 33.3 Å². The molecule has 410 valence electrons. The normalized spacial score (nSPS) is 14.1. The highest BCUT2D eigenvalue weighted by atomic mass is 31.2. The maximum Gasteiger partial charge on any atom is 0.306 e. The summed E-state index contributed by atoms with van der Waals surface area (Å²) in [6.45, 7) is 6.81. The molecule has 70 heavy (non-hydrogen) atoms. The van der Waals surface area contributed by atoms with Crippen molar-refractivity contribution in [3.63, 3.8) is 0 Å². The van der Waals surface area contributed by atoms with Crippen molar-refractivity contribution in [1.82, 2.24) is 5.32 Å². The minimum absolute atomic E-state index is 0.0280. The van der Waals surface area contributed by atoms with Gasteiger partial charge in [-0.05, 0) is 83.1 Å². The number of ether oxygens (including phenoxy) is 1. The van der Waals surface area contributed by atoms with Crippen molar-refractivity contribution in [3.8, 4) is 0 Å². The van der Waals surface area contributed by atoms with Gasteiger partial charge < -0.3 is 28.5 Å². The summed E-state index contributed by atoms with van der Waals surface area (Å²) in [7, 11) is 1.17. The molecule has 0 fully saturated rings. The lowest BCUT2D eigenvalue weighted by Gasteiger charge is -2.30. The molecular weight excluding hydrogens is 892 g/mol. The molecular formula is C60H113N2O7P. The van der Waals surface area contributed by atoms with Gasteiger partial charge in [-0.1, -0.05) is 224 Å². The molecule has 0 radical (unpaired) electrons. The van der Waals surface area contributed by atoms with Crippen molar-refractivity contribution in [2.45, 2.75) is 283 Å². The fourth-order valence-corrected chi connectivity index (χ4v) is 9.11. The summed E-state index contributed by atoms with van der Waals surface area (Å²) < 4.78 is 30.2. The highest BCUT2D eigenvalue weighted by molar-refractivity contribution is 7.45. The zero-order valence-electron chi connectivity index (χ0n) is 46.7. The second kappa shape index (κ2) is 50.5. The number of nitrogens with one attached hydrogen (secondary N) is 1. The number of likely N-dealkylation sites (N-methyl/N-ethyl adjacent to an activating group) is 1. The van der Waals surface area contributed by atoms with Crippen LogP contribution in [0.25, 0.3) is 0 Å². The fraction of sp³-hybridized carbons (Fsp3) is 0.833. The summed E-state index contributed by atoms with van der Waals surface area (Å²) in [4.78, 5) is 39.8. The third-order valence-corrected chi connectivity index (χ3v) is 14.0. The molecule has 3 unspecified atom stereocenters. The van der Waals surface area contributed by atoms with Crippen LogP contribution >= 0.6 is 7.82 Å². The summed E-state index contributed by atoms with van der Waals surface area (Å²) in [5.74, 6) is -0.573. The molecule has 3 atom stereocenters. The highest BCUT2D eigenvalue weighted by Gasteiger charge is 2.27. The lowest BCUT2D eigenvalue weighted by atomic mass is 10.1. The van der Waals surface area contributed by atoms with Crippen LogP contribution in [0.2, 0.25) is 0 Å². The number of nitrogens with zero attached hydrogens (tertiary/aromatic N) is 1. The predicted octanol–water partition coefficient (Wildman–Crippen LogP) is 17.1. The molecule has 0 saturated carbocycles. The summed E-state index contributed by atoms with van der Waals surface area (Å²) in [6.07, 6.45) is 60.8. The average Bonchev–Trinajstić information content (AvgIpc) is 3.32. The first kappa shape index (κ1) is 68.0. The fourth-order valence-electron chi connectivity index (χ4n) is 8.39. The van der Waals surface area contributed by atoms with E-state index in [2.05, 4.69) is 62.5 Å². The van der Waals surface area contributed by atoms with Gasteiger partial charge in [-0.25, -0.2) is 0 Å². The quantitative estimate of drug-likeness (QED) is 0.0161. The van der Waals surface area contributed by atoms with Crippen LogP contribution < -0.4 is 10.2 Å². The van der Waals surface area contributed by atoms with E-state index < -0.39 is 26.6 Å². The molecule has 0 saturated heterocycles. The zero-order valence-corrected chi connectivity index (χ0v) is 47.6. The van der Waals surface area contributed by atoms with Gasteiger partial charge in [0.1, 0.15) is 19.3 Å². The standard InChI is InChI=1S/C60H113N2O7P/c1-7-10-13-16-19-22-25-27-29-31-33-35-38-41-44-47-50-53-60(64)69-58(51-48-45-42-39-36-24-21-18-15-12-9-3)57(56-68-70(65,66)67-55-54-62(4,5)6)61-59(63)52-49-46-43-40-37-34-32-30-28-26-23-20-17-14-11-8-2/h27,29-30,32,34,37,48,51,57-58H,7-26,28,31,33,35-36,38-47,49-50,52-56H2,1-6H3,(H-,61,63,65,66)/b29-27+,32-30+,37-34+,51-48+. The largest absolute Gasteiger partial charge is 0.756 e. The van der Waals surface area contributed by atoms with Crippen molar-refractivity contribution >= 4 is 19.7 Å². The Morgan fingerprint density at radius 3 is 1.31 bits per heavy atom. The first-order chi connectivity index (χ1) is 33.9. The molecule has 9 nitrogen and oxygen atoms in total. The Morgan fingerprint density at radius 1 is 0.500 bits per heavy atom. The number of hydrogen-bond acceptors (Lipinski definition) is 7. The minimum Gasteiger partial charge on any atom is -0.756 e. The van der Waals surface area contributed by atoms with Gasteiger partial charge in [0.2, 0.25) is 5.91 Å². The van der Waals surface area contributed by atoms with Crippen LogP contribution in [0.15, 0.2) is 48.6 Å². The van der Waals surface area contributed by atoms with Crippen molar-refractivity contribution < 1.29 is 37.3 Å². The van der Waals surface area contributed by atoms with E-state index in [1.165, 1.54) is 154 Å². The Labute approximate surface area is 433 Å². The number of carbonyl (C=O) groups is 2. The van der Waals surface area contributed by atoms with Crippen LogP contribution in [0.4, 0.5) is 0 Å². The molecule has 1 N–H and O–H groups in total. The molecule has 0 rings (SSSR count). The van der Waals surface area contributed by atoms with Gasteiger partial charge in [-0.3, -0.25) is 14.2 Å². The minimum atomic E-state index is -4.70. The molecule has 0 heterocycles. The lowest BCUT2D eigenvalue weighted by molar-refractivity contribution is -0.870. The Bertz CT molecular complexity index is 1340. The average molecular weight is 1010 g/mol. The van der Waals surface area contributed by atoms with Crippen molar-refractivity contribution in [3.05, 3.63) is 48.6 Å². The molecule has 0 aromatic heterocycles. The molecule has 0 aromatic rings. The third kappa shape index (κ3) is 50.9. The van der Waals surface area contributed by atoms with Gasteiger partial charge >= 0.3 is 5.97 Å². The van der Waals surface area contributed by atoms with Gasteiger partial charge in [-0.15, -0.1) is 0 Å². The van der Waals surface area contributed by atoms with E-state index in [9.17, 15) is 19.0 Å². The van der Waals surface area contributed by atoms with E-state index in [0.717, 1.165) is 77.0 Å². The van der Waals surface area contributed by atoms with Crippen LogP contribution in [0.3, 0.4) is 0 Å². The number of hydrogen-bond donors (Lipinski definition) is 1. The number of esters is 1. The first-order valence-electron chi connectivity index (χ1n) is 29.5. The van der Waals surface area contributed by atoms with E-state index in [4.69, 9.17) is 13.8 Å². The monoisotopic (exact) mass is 1000 g/mol. The predicted molar refractivity (Wildman–Crippen MR) is 298 cm³/mol. The summed E-state index contributed by atoms with van der Waals surface area (Å²) in [6, 6.07) is -0.902. The second-order valence-corrected chi connectivity index (χ2v) is 22.6. The topological polar surface area (TPSA) is 114 Å². The first-order valence-corrected chi connectivity index (χ1v) is 30.9. The summed E-state index contributed by atoms with van der Waals surface area (Å²) in [5, 5.41) is 3.00. The molecule has 1 amide bonds. The molecule has 0 aliphatic heterocycles. The van der Waals surface area contributed by atoms with Crippen LogP contribution in [-0.2, 0) is 27.9 Å².